The van der Waals surface area contributed by atoms with Crippen molar-refractivity contribution in [1.82, 2.24) is 14.8 Å². The van der Waals surface area contributed by atoms with Crippen LogP contribution >= 0.6 is 11.3 Å². The van der Waals surface area contributed by atoms with Gasteiger partial charge in [0.15, 0.2) is 0 Å². The van der Waals surface area contributed by atoms with Crippen LogP contribution < -0.4 is 5.73 Å². The molecular weight excluding hydrogens is 284 g/mol. The maximum absolute atomic E-state index is 11.7. The number of likely N-dealkylation sites (tertiary alicyclic amines) is 1. The number of likely N-dealkylation sites (N-methyl/N-ethyl adjacent to an activating group) is 1. The van der Waals surface area contributed by atoms with E-state index < -0.39 is 0 Å². The largest absolute Gasteiger partial charge is 0.348 e. The van der Waals surface area contributed by atoms with Crippen molar-refractivity contribution in [3.8, 4) is 0 Å². The number of nitrogens with two attached hydrogens (primary N) is 1. The second kappa shape index (κ2) is 7.33. The standard InChI is InChI=1S/C15H26N4OS/c1-4-11-8-19(6-5-13(11)16)9-12-10-21-14(17-12)7-15(20)18(2)3/h10-11,13H,4-9,16H2,1-3H3. The first-order valence-corrected chi connectivity index (χ1v) is 8.49. The predicted octanol–water partition coefficient (Wildman–Crippen LogP) is 1.33. The van der Waals surface area contributed by atoms with Gasteiger partial charge < -0.3 is 10.6 Å². The molecule has 0 aliphatic carbocycles. The lowest BCUT2D eigenvalue weighted by Gasteiger charge is -2.36. The van der Waals surface area contributed by atoms with Crippen LogP contribution in [0.3, 0.4) is 0 Å². The minimum absolute atomic E-state index is 0.103. The van der Waals surface area contributed by atoms with E-state index in [4.69, 9.17) is 5.73 Å². The van der Waals surface area contributed by atoms with Crippen LogP contribution in [0.4, 0.5) is 0 Å². The Morgan fingerprint density at radius 1 is 1.57 bits per heavy atom. The average molecular weight is 310 g/mol. The van der Waals surface area contributed by atoms with E-state index in [9.17, 15) is 4.79 Å². The van der Waals surface area contributed by atoms with E-state index in [1.54, 1.807) is 30.3 Å². The lowest BCUT2D eigenvalue weighted by molar-refractivity contribution is -0.127. The van der Waals surface area contributed by atoms with Gasteiger partial charge in [-0.3, -0.25) is 9.69 Å². The molecule has 0 radical (unpaired) electrons. The van der Waals surface area contributed by atoms with Crippen molar-refractivity contribution in [2.75, 3.05) is 27.2 Å². The fourth-order valence-corrected chi connectivity index (χ4v) is 3.50. The van der Waals surface area contributed by atoms with Crippen molar-refractivity contribution in [2.24, 2.45) is 11.7 Å². The molecule has 2 atom stereocenters. The number of rotatable bonds is 5. The van der Waals surface area contributed by atoms with Gasteiger partial charge in [0.05, 0.1) is 12.1 Å². The summed E-state index contributed by atoms with van der Waals surface area (Å²) in [5.74, 6) is 0.693. The highest BCUT2D eigenvalue weighted by molar-refractivity contribution is 7.09. The fraction of sp³-hybridized carbons (Fsp3) is 0.733. The summed E-state index contributed by atoms with van der Waals surface area (Å²) in [6.07, 6.45) is 2.60. The molecule has 2 unspecified atom stereocenters. The van der Waals surface area contributed by atoms with Crippen LogP contribution in [0.1, 0.15) is 30.5 Å². The highest BCUT2D eigenvalue weighted by atomic mass is 32.1. The summed E-state index contributed by atoms with van der Waals surface area (Å²) in [5.41, 5.74) is 7.23. The van der Waals surface area contributed by atoms with E-state index in [2.05, 4.69) is 22.2 Å². The molecule has 2 rings (SSSR count). The third-order valence-electron chi connectivity index (χ3n) is 4.19. The van der Waals surface area contributed by atoms with Gasteiger partial charge in [-0.15, -0.1) is 11.3 Å². The minimum Gasteiger partial charge on any atom is -0.348 e. The van der Waals surface area contributed by atoms with Gasteiger partial charge in [-0.25, -0.2) is 4.98 Å². The summed E-state index contributed by atoms with van der Waals surface area (Å²) in [6, 6.07) is 0.343. The van der Waals surface area contributed by atoms with E-state index in [1.165, 1.54) is 0 Å². The molecule has 1 amide bonds. The topological polar surface area (TPSA) is 62.5 Å². The van der Waals surface area contributed by atoms with Gasteiger partial charge in [0, 0.05) is 45.2 Å². The molecule has 6 heteroatoms. The van der Waals surface area contributed by atoms with Crippen molar-refractivity contribution in [3.05, 3.63) is 16.1 Å². The van der Waals surface area contributed by atoms with E-state index >= 15 is 0 Å². The molecule has 1 saturated heterocycles. The number of nitrogens with zero attached hydrogens (tertiary/aromatic N) is 3. The zero-order valence-corrected chi connectivity index (χ0v) is 14.0. The SMILES string of the molecule is CCC1CN(Cc2csc(CC(=O)N(C)C)n2)CCC1N. The van der Waals surface area contributed by atoms with Gasteiger partial charge in [-0.1, -0.05) is 13.3 Å². The Kier molecular flexibility index (Phi) is 5.72. The lowest BCUT2D eigenvalue weighted by atomic mass is 9.91. The summed E-state index contributed by atoms with van der Waals surface area (Å²) < 4.78 is 0. The van der Waals surface area contributed by atoms with Gasteiger partial charge in [0.2, 0.25) is 5.91 Å². The zero-order valence-electron chi connectivity index (χ0n) is 13.2. The number of carbonyl (C=O) groups is 1. The van der Waals surface area contributed by atoms with Gasteiger partial charge in [0.25, 0.3) is 0 Å². The van der Waals surface area contributed by atoms with Crippen LogP contribution in [0.25, 0.3) is 0 Å². The van der Waals surface area contributed by atoms with Crippen molar-refractivity contribution in [1.29, 1.82) is 0 Å². The molecule has 0 bridgehead atoms. The molecule has 1 aliphatic heterocycles. The minimum atomic E-state index is 0.103. The zero-order chi connectivity index (χ0) is 15.4. The number of carbonyl (C=O) groups excluding carboxylic acids is 1. The first kappa shape index (κ1) is 16.4. The van der Waals surface area contributed by atoms with E-state index in [0.717, 1.165) is 43.2 Å². The van der Waals surface area contributed by atoms with Crippen LogP contribution in [0.15, 0.2) is 5.38 Å². The molecule has 2 N–H and O–H groups in total. The molecule has 0 aromatic carbocycles. The Morgan fingerprint density at radius 2 is 2.33 bits per heavy atom. The van der Waals surface area contributed by atoms with Gasteiger partial charge >= 0.3 is 0 Å². The fourth-order valence-electron chi connectivity index (χ4n) is 2.72. The highest BCUT2D eigenvalue weighted by Gasteiger charge is 2.25. The smallest absolute Gasteiger partial charge is 0.228 e. The van der Waals surface area contributed by atoms with Crippen molar-refractivity contribution >= 4 is 17.2 Å². The number of amides is 1. The third kappa shape index (κ3) is 4.49. The molecule has 0 spiro atoms. The van der Waals surface area contributed by atoms with Gasteiger partial charge in [-0.05, 0) is 12.3 Å². The molecule has 1 aromatic rings. The van der Waals surface area contributed by atoms with Crippen LogP contribution in [0.5, 0.6) is 0 Å². The van der Waals surface area contributed by atoms with E-state index in [0.29, 0.717) is 18.4 Å². The third-order valence-corrected chi connectivity index (χ3v) is 5.09. The lowest BCUT2D eigenvalue weighted by Crippen LogP contribution is -2.46. The number of hydrogen-bond donors (Lipinski definition) is 1. The number of hydrogen-bond acceptors (Lipinski definition) is 5. The Hall–Kier alpha value is -0.980. The Labute approximate surface area is 131 Å². The molecule has 5 nitrogen and oxygen atoms in total. The molecule has 1 aromatic heterocycles. The molecular formula is C15H26N4OS. The first-order valence-electron chi connectivity index (χ1n) is 7.61. The van der Waals surface area contributed by atoms with Crippen LogP contribution in [-0.4, -0.2) is 53.9 Å². The molecule has 118 valence electrons. The molecule has 1 fully saturated rings. The van der Waals surface area contributed by atoms with E-state index in [1.807, 2.05) is 0 Å². The van der Waals surface area contributed by atoms with Crippen molar-refractivity contribution < 1.29 is 4.79 Å². The number of piperidine rings is 1. The average Bonchev–Trinajstić information content (AvgIpc) is 2.88. The Morgan fingerprint density at radius 3 is 3.00 bits per heavy atom. The molecule has 2 heterocycles. The summed E-state index contributed by atoms with van der Waals surface area (Å²) in [4.78, 5) is 20.3. The van der Waals surface area contributed by atoms with Crippen LogP contribution in [0.2, 0.25) is 0 Å². The monoisotopic (exact) mass is 310 g/mol. The number of thiazole rings is 1. The first-order chi connectivity index (χ1) is 9.99. The second-order valence-corrected chi connectivity index (χ2v) is 7.00. The second-order valence-electron chi connectivity index (χ2n) is 6.05. The highest BCUT2D eigenvalue weighted by Crippen LogP contribution is 2.21. The summed E-state index contributed by atoms with van der Waals surface area (Å²) in [6.45, 7) is 5.18. The maximum Gasteiger partial charge on any atom is 0.228 e. The normalized spacial score (nSPS) is 23.2. The molecule has 0 saturated carbocycles. The maximum atomic E-state index is 11.7. The molecule has 1 aliphatic rings. The summed E-state index contributed by atoms with van der Waals surface area (Å²) in [5, 5.41) is 2.98. The van der Waals surface area contributed by atoms with Crippen molar-refractivity contribution in [2.45, 2.75) is 38.8 Å². The molecule has 21 heavy (non-hydrogen) atoms. The van der Waals surface area contributed by atoms with Gasteiger partial charge in [-0.2, -0.15) is 0 Å². The van der Waals surface area contributed by atoms with E-state index in [-0.39, 0.29) is 5.91 Å². The quantitative estimate of drug-likeness (QED) is 0.891. The Bertz CT molecular complexity index is 474. The predicted molar refractivity (Wildman–Crippen MR) is 86.2 cm³/mol. The van der Waals surface area contributed by atoms with Crippen LogP contribution in [-0.2, 0) is 17.8 Å². The number of aromatic nitrogens is 1. The van der Waals surface area contributed by atoms with Crippen molar-refractivity contribution in [3.63, 3.8) is 0 Å². The Balaban J connectivity index is 1.89. The van der Waals surface area contributed by atoms with Gasteiger partial charge in [0.1, 0.15) is 5.01 Å². The summed E-state index contributed by atoms with van der Waals surface area (Å²) in [7, 11) is 3.55. The van der Waals surface area contributed by atoms with Crippen LogP contribution in [0, 0.1) is 5.92 Å². The summed E-state index contributed by atoms with van der Waals surface area (Å²) >= 11 is 1.58.